The maximum absolute atomic E-state index is 12.6. The second kappa shape index (κ2) is 6.05. The van der Waals surface area contributed by atoms with Crippen molar-refractivity contribution in [2.45, 2.75) is 19.8 Å². The van der Waals surface area contributed by atoms with Gasteiger partial charge in [0, 0.05) is 12.7 Å². The normalized spacial score (nSPS) is 12.1. The van der Waals surface area contributed by atoms with Crippen LogP contribution in [0.1, 0.15) is 18.9 Å². The lowest BCUT2D eigenvalue weighted by Gasteiger charge is -2.14. The predicted molar refractivity (Wildman–Crippen MR) is 57.7 cm³/mol. The van der Waals surface area contributed by atoms with Crippen LogP contribution in [0.15, 0.2) is 18.3 Å². The maximum Gasteiger partial charge on any atom is 0.404 e. The number of carboxylic acid groups (broad SMARTS) is 1. The van der Waals surface area contributed by atoms with Crippen molar-refractivity contribution in [3.05, 3.63) is 29.8 Å². The molecule has 5 heteroatoms. The van der Waals surface area contributed by atoms with E-state index in [0.29, 0.717) is 13.0 Å². The first-order chi connectivity index (χ1) is 7.61. The van der Waals surface area contributed by atoms with Gasteiger partial charge >= 0.3 is 6.09 Å². The van der Waals surface area contributed by atoms with Crippen molar-refractivity contribution >= 4 is 6.09 Å². The van der Waals surface area contributed by atoms with E-state index >= 15 is 0 Å². The topological polar surface area (TPSA) is 62.2 Å². The van der Waals surface area contributed by atoms with Gasteiger partial charge in [0.15, 0.2) is 0 Å². The van der Waals surface area contributed by atoms with E-state index < -0.39 is 12.0 Å². The number of halogens is 1. The van der Waals surface area contributed by atoms with Gasteiger partial charge in [-0.1, -0.05) is 19.4 Å². The summed E-state index contributed by atoms with van der Waals surface area (Å²) in [5, 5.41) is 10.8. The van der Waals surface area contributed by atoms with Gasteiger partial charge in [-0.3, -0.25) is 0 Å². The molecule has 0 spiro atoms. The summed E-state index contributed by atoms with van der Waals surface area (Å²) in [5.74, 6) is -0.288. The lowest BCUT2D eigenvalue weighted by Crippen LogP contribution is -2.28. The van der Waals surface area contributed by atoms with E-state index in [1.165, 1.54) is 12.3 Å². The molecule has 1 rings (SSSR count). The van der Waals surface area contributed by atoms with Crippen molar-refractivity contribution < 1.29 is 14.3 Å². The van der Waals surface area contributed by atoms with Gasteiger partial charge in [-0.05, 0) is 24.0 Å². The molecular formula is C11H15FN2O2. The molecule has 1 heterocycles. The lowest BCUT2D eigenvalue weighted by atomic mass is 9.98. The van der Waals surface area contributed by atoms with Crippen LogP contribution in [0.25, 0.3) is 0 Å². The monoisotopic (exact) mass is 226 g/mol. The summed E-state index contributed by atoms with van der Waals surface area (Å²) in [6, 6.07) is 2.98. The zero-order chi connectivity index (χ0) is 12.0. The Hall–Kier alpha value is -1.65. The minimum atomic E-state index is -1.02. The molecule has 88 valence electrons. The Kier molecular flexibility index (Phi) is 4.69. The molecule has 4 nitrogen and oxygen atoms in total. The smallest absolute Gasteiger partial charge is 0.404 e. The van der Waals surface area contributed by atoms with Crippen molar-refractivity contribution in [2.75, 3.05) is 6.54 Å². The number of pyridine rings is 1. The largest absolute Gasteiger partial charge is 0.465 e. The summed E-state index contributed by atoms with van der Waals surface area (Å²) >= 11 is 0. The minimum absolute atomic E-state index is 0.211. The SMILES string of the molecule is CCC(CNC(=O)O)Cc1ccc(F)nc1. The first kappa shape index (κ1) is 12.4. The summed E-state index contributed by atoms with van der Waals surface area (Å²) in [6.07, 6.45) is 2.02. The summed E-state index contributed by atoms with van der Waals surface area (Å²) in [4.78, 5) is 13.9. The Morgan fingerprint density at radius 3 is 2.88 bits per heavy atom. The second-order valence-electron chi connectivity index (χ2n) is 3.65. The number of hydrogen-bond acceptors (Lipinski definition) is 2. The van der Waals surface area contributed by atoms with E-state index in [9.17, 15) is 9.18 Å². The molecular weight excluding hydrogens is 211 g/mol. The van der Waals surface area contributed by atoms with E-state index in [4.69, 9.17) is 5.11 Å². The molecule has 1 atom stereocenters. The van der Waals surface area contributed by atoms with E-state index in [0.717, 1.165) is 12.0 Å². The molecule has 0 aliphatic heterocycles. The standard InChI is InChI=1S/C11H15FN2O2/c1-2-8(6-14-11(15)16)5-9-3-4-10(12)13-7-9/h3-4,7-8,14H,2,5-6H2,1H3,(H,15,16). The highest BCUT2D eigenvalue weighted by molar-refractivity contribution is 5.64. The van der Waals surface area contributed by atoms with Crippen molar-refractivity contribution in [2.24, 2.45) is 5.92 Å². The van der Waals surface area contributed by atoms with Crippen LogP contribution < -0.4 is 5.32 Å². The summed E-state index contributed by atoms with van der Waals surface area (Å²) in [6.45, 7) is 2.40. The molecule has 1 amide bonds. The molecule has 2 N–H and O–H groups in total. The number of nitrogens with one attached hydrogen (secondary N) is 1. The van der Waals surface area contributed by atoms with Gasteiger partial charge in [0.25, 0.3) is 0 Å². The van der Waals surface area contributed by atoms with Gasteiger partial charge < -0.3 is 10.4 Å². The number of rotatable bonds is 5. The molecule has 0 aliphatic carbocycles. The number of aromatic nitrogens is 1. The zero-order valence-electron chi connectivity index (χ0n) is 9.11. The van der Waals surface area contributed by atoms with Crippen LogP contribution >= 0.6 is 0 Å². The van der Waals surface area contributed by atoms with Gasteiger partial charge in [0.2, 0.25) is 5.95 Å². The Bertz CT molecular complexity index is 340. The van der Waals surface area contributed by atoms with Crippen molar-refractivity contribution in [3.8, 4) is 0 Å². The van der Waals surface area contributed by atoms with E-state index in [1.54, 1.807) is 6.07 Å². The van der Waals surface area contributed by atoms with Gasteiger partial charge in [-0.25, -0.2) is 9.78 Å². The van der Waals surface area contributed by atoms with Crippen molar-refractivity contribution in [1.29, 1.82) is 0 Å². The molecule has 1 aromatic heterocycles. The fourth-order valence-corrected chi connectivity index (χ4v) is 1.45. The molecule has 0 radical (unpaired) electrons. The maximum atomic E-state index is 12.6. The molecule has 0 saturated heterocycles. The Balaban J connectivity index is 2.49. The van der Waals surface area contributed by atoms with Gasteiger partial charge in [0.05, 0.1) is 0 Å². The van der Waals surface area contributed by atoms with Crippen LogP contribution in [0.5, 0.6) is 0 Å². The van der Waals surface area contributed by atoms with E-state index in [-0.39, 0.29) is 5.92 Å². The summed E-state index contributed by atoms with van der Waals surface area (Å²) in [5.41, 5.74) is 0.917. The summed E-state index contributed by atoms with van der Waals surface area (Å²) in [7, 11) is 0. The van der Waals surface area contributed by atoms with Gasteiger partial charge in [-0.2, -0.15) is 4.39 Å². The van der Waals surface area contributed by atoms with E-state index in [1.807, 2.05) is 6.92 Å². The number of carbonyl (C=O) groups is 1. The number of hydrogen-bond donors (Lipinski definition) is 2. The average molecular weight is 226 g/mol. The minimum Gasteiger partial charge on any atom is -0.465 e. The Morgan fingerprint density at radius 2 is 2.38 bits per heavy atom. The third-order valence-corrected chi connectivity index (χ3v) is 2.43. The lowest BCUT2D eigenvalue weighted by molar-refractivity contribution is 0.192. The third kappa shape index (κ3) is 4.25. The van der Waals surface area contributed by atoms with Crippen LogP contribution in [0, 0.1) is 11.9 Å². The summed E-state index contributed by atoms with van der Waals surface area (Å²) < 4.78 is 12.6. The van der Waals surface area contributed by atoms with Crippen LogP contribution in [0.4, 0.5) is 9.18 Å². The van der Waals surface area contributed by atoms with Gasteiger partial charge in [-0.15, -0.1) is 0 Å². The molecule has 1 unspecified atom stereocenters. The molecule has 1 aromatic rings. The molecule has 16 heavy (non-hydrogen) atoms. The van der Waals surface area contributed by atoms with Crippen molar-refractivity contribution in [1.82, 2.24) is 10.3 Å². The quantitative estimate of drug-likeness (QED) is 0.755. The number of nitrogens with zero attached hydrogens (tertiary/aromatic N) is 1. The first-order valence-corrected chi connectivity index (χ1v) is 5.19. The van der Waals surface area contributed by atoms with Gasteiger partial charge in [0.1, 0.15) is 0 Å². The molecule has 0 aromatic carbocycles. The average Bonchev–Trinajstić information content (AvgIpc) is 2.26. The fourth-order valence-electron chi connectivity index (χ4n) is 1.45. The molecule has 0 aliphatic rings. The first-order valence-electron chi connectivity index (χ1n) is 5.19. The highest BCUT2D eigenvalue weighted by atomic mass is 19.1. The second-order valence-corrected chi connectivity index (χ2v) is 3.65. The van der Waals surface area contributed by atoms with Crippen LogP contribution in [-0.4, -0.2) is 22.7 Å². The van der Waals surface area contributed by atoms with E-state index in [2.05, 4.69) is 10.3 Å². The van der Waals surface area contributed by atoms with Crippen LogP contribution in [0.2, 0.25) is 0 Å². The van der Waals surface area contributed by atoms with Crippen LogP contribution in [0.3, 0.4) is 0 Å². The molecule has 0 fully saturated rings. The highest BCUT2D eigenvalue weighted by Gasteiger charge is 2.09. The molecule has 0 saturated carbocycles. The van der Waals surface area contributed by atoms with Crippen molar-refractivity contribution in [3.63, 3.8) is 0 Å². The third-order valence-electron chi connectivity index (χ3n) is 2.43. The fraction of sp³-hybridized carbons (Fsp3) is 0.455. The Labute approximate surface area is 93.5 Å². The Morgan fingerprint density at radius 1 is 1.62 bits per heavy atom. The highest BCUT2D eigenvalue weighted by Crippen LogP contribution is 2.10. The van der Waals surface area contributed by atoms with Crippen LogP contribution in [-0.2, 0) is 6.42 Å². The number of amides is 1. The molecule has 0 bridgehead atoms. The zero-order valence-corrected chi connectivity index (χ0v) is 9.11. The predicted octanol–water partition coefficient (Wildman–Crippen LogP) is 2.06.